The van der Waals surface area contributed by atoms with E-state index in [1.54, 1.807) is 0 Å². The molecular formula is C17H17ClFNS. The molecule has 2 aromatic rings. The Morgan fingerprint density at radius 3 is 2.81 bits per heavy atom. The molecule has 0 radical (unpaired) electrons. The Morgan fingerprint density at radius 1 is 1.19 bits per heavy atom. The van der Waals surface area contributed by atoms with Gasteiger partial charge in [0.2, 0.25) is 0 Å². The van der Waals surface area contributed by atoms with Gasteiger partial charge in [0.1, 0.15) is 5.82 Å². The van der Waals surface area contributed by atoms with Crippen LogP contribution < -0.4 is 5.32 Å². The third-order valence-electron chi connectivity index (χ3n) is 3.73. The quantitative estimate of drug-likeness (QED) is 0.864. The lowest BCUT2D eigenvalue weighted by Gasteiger charge is -2.26. The van der Waals surface area contributed by atoms with Crippen LogP contribution >= 0.6 is 23.4 Å². The number of hydrogen-bond acceptors (Lipinski definition) is 2. The SMILES string of the molecule is Fc1ccc(CCNC2CCSc3ccc(Cl)cc32)cc1. The van der Waals surface area contributed by atoms with E-state index in [9.17, 15) is 4.39 Å². The largest absolute Gasteiger partial charge is 0.310 e. The molecule has 21 heavy (non-hydrogen) atoms. The lowest BCUT2D eigenvalue weighted by molar-refractivity contribution is 0.513. The molecule has 1 nitrogen and oxygen atoms in total. The van der Waals surface area contributed by atoms with Gasteiger partial charge in [0.15, 0.2) is 0 Å². The van der Waals surface area contributed by atoms with E-state index in [0.29, 0.717) is 6.04 Å². The van der Waals surface area contributed by atoms with Gasteiger partial charge in [-0.05, 0) is 66.6 Å². The minimum absolute atomic E-state index is 0.181. The molecule has 2 aromatic carbocycles. The number of fused-ring (bicyclic) bond motifs is 1. The summed E-state index contributed by atoms with van der Waals surface area (Å²) in [5, 5.41) is 4.40. The van der Waals surface area contributed by atoms with E-state index in [4.69, 9.17) is 11.6 Å². The fourth-order valence-electron chi connectivity index (χ4n) is 2.62. The molecule has 0 amide bonds. The van der Waals surface area contributed by atoms with Gasteiger partial charge in [-0.15, -0.1) is 11.8 Å². The Hall–Kier alpha value is -1.03. The predicted octanol–water partition coefficient (Wildman–Crippen LogP) is 4.85. The van der Waals surface area contributed by atoms with Crippen molar-refractivity contribution < 1.29 is 4.39 Å². The third kappa shape index (κ3) is 3.79. The van der Waals surface area contributed by atoms with E-state index in [1.165, 1.54) is 22.6 Å². The van der Waals surface area contributed by atoms with E-state index in [-0.39, 0.29) is 5.82 Å². The first-order chi connectivity index (χ1) is 10.2. The lowest BCUT2D eigenvalue weighted by Crippen LogP contribution is -2.26. The highest BCUT2D eigenvalue weighted by atomic mass is 35.5. The minimum Gasteiger partial charge on any atom is -0.310 e. The topological polar surface area (TPSA) is 12.0 Å². The second kappa shape index (κ2) is 6.82. The van der Waals surface area contributed by atoms with Crippen LogP contribution in [-0.2, 0) is 6.42 Å². The first-order valence-corrected chi connectivity index (χ1v) is 8.49. The highest BCUT2D eigenvalue weighted by Gasteiger charge is 2.20. The van der Waals surface area contributed by atoms with Crippen molar-refractivity contribution in [2.75, 3.05) is 12.3 Å². The summed E-state index contributed by atoms with van der Waals surface area (Å²) >= 11 is 8.01. The summed E-state index contributed by atoms with van der Waals surface area (Å²) in [7, 11) is 0. The van der Waals surface area contributed by atoms with Crippen LogP contribution in [-0.4, -0.2) is 12.3 Å². The van der Waals surface area contributed by atoms with E-state index >= 15 is 0 Å². The predicted molar refractivity (Wildman–Crippen MR) is 87.6 cm³/mol. The van der Waals surface area contributed by atoms with Gasteiger partial charge in [-0.25, -0.2) is 4.39 Å². The third-order valence-corrected chi connectivity index (χ3v) is 5.09. The fraction of sp³-hybridized carbons (Fsp3) is 0.294. The summed E-state index contributed by atoms with van der Waals surface area (Å²) in [6, 6.07) is 13.2. The molecule has 0 aliphatic carbocycles. The molecule has 0 aromatic heterocycles. The average molecular weight is 322 g/mol. The number of nitrogens with one attached hydrogen (secondary N) is 1. The maximum atomic E-state index is 12.9. The number of thioether (sulfide) groups is 1. The van der Waals surface area contributed by atoms with Gasteiger partial charge in [-0.3, -0.25) is 0 Å². The Kier molecular flexibility index (Phi) is 4.84. The first-order valence-electron chi connectivity index (χ1n) is 7.12. The van der Waals surface area contributed by atoms with Crippen LogP contribution in [0.5, 0.6) is 0 Å². The molecule has 1 N–H and O–H groups in total. The zero-order valence-corrected chi connectivity index (χ0v) is 13.2. The van der Waals surface area contributed by atoms with Crippen molar-refractivity contribution in [3.8, 4) is 0 Å². The van der Waals surface area contributed by atoms with Crippen LogP contribution in [0.4, 0.5) is 4.39 Å². The molecule has 0 spiro atoms. The van der Waals surface area contributed by atoms with Crippen LogP contribution in [0.15, 0.2) is 47.4 Å². The van der Waals surface area contributed by atoms with Gasteiger partial charge in [0.05, 0.1) is 0 Å². The maximum Gasteiger partial charge on any atom is 0.123 e. The average Bonchev–Trinajstić information content (AvgIpc) is 2.50. The number of benzene rings is 2. The van der Waals surface area contributed by atoms with Crippen molar-refractivity contribution in [3.05, 3.63) is 64.4 Å². The normalized spacial score (nSPS) is 17.5. The van der Waals surface area contributed by atoms with E-state index < -0.39 is 0 Å². The van der Waals surface area contributed by atoms with Crippen molar-refractivity contribution >= 4 is 23.4 Å². The highest BCUT2D eigenvalue weighted by Crippen LogP contribution is 2.37. The number of hydrogen-bond donors (Lipinski definition) is 1. The molecule has 110 valence electrons. The van der Waals surface area contributed by atoms with Gasteiger partial charge >= 0.3 is 0 Å². The second-order valence-electron chi connectivity index (χ2n) is 5.20. The summed E-state index contributed by atoms with van der Waals surface area (Å²) in [5.74, 6) is 0.947. The molecular weight excluding hydrogens is 305 g/mol. The zero-order valence-electron chi connectivity index (χ0n) is 11.6. The molecule has 0 bridgehead atoms. The summed E-state index contributed by atoms with van der Waals surface area (Å²) in [6.07, 6.45) is 2.02. The molecule has 0 saturated heterocycles. The molecule has 3 rings (SSSR count). The van der Waals surface area contributed by atoms with Gasteiger partial charge in [0.25, 0.3) is 0 Å². The number of halogens is 2. The van der Waals surface area contributed by atoms with Gasteiger partial charge in [-0.1, -0.05) is 23.7 Å². The van der Waals surface area contributed by atoms with Crippen LogP contribution in [0.3, 0.4) is 0 Å². The van der Waals surface area contributed by atoms with Gasteiger partial charge in [0, 0.05) is 16.0 Å². The maximum absolute atomic E-state index is 12.9. The van der Waals surface area contributed by atoms with Crippen molar-refractivity contribution in [2.45, 2.75) is 23.8 Å². The minimum atomic E-state index is -0.181. The molecule has 1 aliphatic rings. The molecule has 1 unspecified atom stereocenters. The van der Waals surface area contributed by atoms with E-state index in [1.807, 2.05) is 30.0 Å². The number of rotatable bonds is 4. The Morgan fingerprint density at radius 2 is 2.00 bits per heavy atom. The van der Waals surface area contributed by atoms with Crippen molar-refractivity contribution in [1.82, 2.24) is 5.32 Å². The molecule has 1 heterocycles. The summed E-state index contributed by atoms with van der Waals surface area (Å²) in [4.78, 5) is 1.32. The summed E-state index contributed by atoms with van der Waals surface area (Å²) in [5.41, 5.74) is 2.46. The van der Waals surface area contributed by atoms with Crippen LogP contribution in [0.1, 0.15) is 23.6 Å². The monoisotopic (exact) mass is 321 g/mol. The molecule has 4 heteroatoms. The molecule has 0 saturated carbocycles. The summed E-state index contributed by atoms with van der Waals surface area (Å²) < 4.78 is 12.9. The van der Waals surface area contributed by atoms with Crippen molar-refractivity contribution in [2.24, 2.45) is 0 Å². The Balaban J connectivity index is 1.61. The Bertz CT molecular complexity index is 615. The van der Waals surface area contributed by atoms with Gasteiger partial charge in [-0.2, -0.15) is 0 Å². The van der Waals surface area contributed by atoms with E-state index in [0.717, 1.165) is 35.7 Å². The molecule has 0 fully saturated rings. The summed E-state index contributed by atoms with van der Waals surface area (Å²) in [6.45, 7) is 0.882. The molecule has 1 aliphatic heterocycles. The highest BCUT2D eigenvalue weighted by molar-refractivity contribution is 7.99. The Labute approximate surface area is 133 Å². The second-order valence-corrected chi connectivity index (χ2v) is 6.78. The van der Waals surface area contributed by atoms with Crippen LogP contribution in [0.2, 0.25) is 5.02 Å². The molecule has 1 atom stereocenters. The fourth-order valence-corrected chi connectivity index (χ4v) is 3.91. The van der Waals surface area contributed by atoms with Crippen molar-refractivity contribution in [3.63, 3.8) is 0 Å². The van der Waals surface area contributed by atoms with Crippen molar-refractivity contribution in [1.29, 1.82) is 0 Å². The zero-order chi connectivity index (χ0) is 14.7. The lowest BCUT2D eigenvalue weighted by atomic mass is 10.0. The smallest absolute Gasteiger partial charge is 0.123 e. The standard InChI is InChI=1S/C17H17ClFNS/c18-13-3-6-17-15(11-13)16(8-10-21-17)20-9-7-12-1-4-14(19)5-2-12/h1-6,11,16,20H,7-10H2. The van der Waals surface area contributed by atoms with Gasteiger partial charge < -0.3 is 5.32 Å². The van der Waals surface area contributed by atoms with E-state index in [2.05, 4.69) is 17.4 Å². The van der Waals surface area contributed by atoms with Crippen LogP contribution in [0, 0.1) is 5.82 Å². The first kappa shape index (κ1) is 14.9. The van der Waals surface area contributed by atoms with Crippen LogP contribution in [0.25, 0.3) is 0 Å².